The van der Waals surface area contributed by atoms with Crippen molar-refractivity contribution in [2.45, 2.75) is 248 Å². The number of hydrogen-bond donors (Lipinski definition) is 7. The van der Waals surface area contributed by atoms with E-state index in [1.165, 1.54) is 83.5 Å². The number of rotatable bonds is 39. The van der Waals surface area contributed by atoms with Gasteiger partial charge in [-0.2, -0.15) is 0 Å². The van der Waals surface area contributed by atoms with Crippen LogP contribution in [0.1, 0.15) is 181 Å². The molecule has 2 saturated heterocycles. The van der Waals surface area contributed by atoms with Gasteiger partial charge in [-0.05, 0) is 64.2 Å². The lowest BCUT2D eigenvalue weighted by Crippen LogP contribution is -2.61. The molecular formula is C51H90O15. The lowest BCUT2D eigenvalue weighted by atomic mass is 9.98. The Labute approximate surface area is 395 Å². The van der Waals surface area contributed by atoms with Gasteiger partial charge >= 0.3 is 11.9 Å². The molecule has 2 rings (SSSR count). The normalized spacial score (nSPS) is 26.4. The van der Waals surface area contributed by atoms with Crippen LogP contribution in [0, 0.1) is 0 Å². The summed E-state index contributed by atoms with van der Waals surface area (Å²) in [7, 11) is 0. The zero-order valence-corrected chi connectivity index (χ0v) is 40.4. The van der Waals surface area contributed by atoms with Crippen molar-refractivity contribution < 1.29 is 73.8 Å². The second-order valence-corrected chi connectivity index (χ2v) is 18.0. The summed E-state index contributed by atoms with van der Waals surface area (Å²) in [5.74, 6) is -0.987. The third kappa shape index (κ3) is 26.5. The summed E-state index contributed by atoms with van der Waals surface area (Å²) in [5, 5.41) is 72.0. The van der Waals surface area contributed by atoms with E-state index >= 15 is 0 Å². The second-order valence-electron chi connectivity index (χ2n) is 18.0. The molecule has 384 valence electrons. The molecule has 11 atom stereocenters. The van der Waals surface area contributed by atoms with Crippen LogP contribution >= 0.6 is 0 Å². The standard InChI is InChI=1S/C51H90O15/c1-3-5-7-9-11-13-15-17-18-19-20-22-24-26-28-30-32-34-43(54)64-39(36-61-42(53)33-31-29-27-25-23-21-16-14-12-10-8-6-4-2)37-62-50-49(60)47(58)45(56)41(66-50)38-63-51-48(59)46(57)44(55)40(35-52)65-51/h14,16,20,22,26,28,39-41,44-52,55-60H,3-13,15,17-19,21,23-25,27,29-38H2,1-2H3/b16-14+,22-20+,28-26+/t39-,40+,41+,44-,45-,46?,47?,48?,49?,50+,51+/m1/s1. The smallest absolute Gasteiger partial charge is 0.306 e. The van der Waals surface area contributed by atoms with Gasteiger partial charge < -0.3 is 64.2 Å². The molecule has 0 aromatic carbocycles. The highest BCUT2D eigenvalue weighted by Gasteiger charge is 2.47. The van der Waals surface area contributed by atoms with Crippen molar-refractivity contribution in [2.24, 2.45) is 0 Å². The van der Waals surface area contributed by atoms with Gasteiger partial charge in [0.25, 0.3) is 0 Å². The third-order valence-electron chi connectivity index (χ3n) is 12.1. The van der Waals surface area contributed by atoms with Crippen LogP contribution in [-0.2, 0) is 38.0 Å². The molecule has 7 N–H and O–H groups in total. The highest BCUT2D eigenvalue weighted by atomic mass is 16.7. The van der Waals surface area contributed by atoms with Crippen LogP contribution in [0.25, 0.3) is 0 Å². The van der Waals surface area contributed by atoms with E-state index in [1.54, 1.807) is 0 Å². The lowest BCUT2D eigenvalue weighted by Gasteiger charge is -2.42. The van der Waals surface area contributed by atoms with Crippen LogP contribution in [0.4, 0.5) is 0 Å². The zero-order valence-electron chi connectivity index (χ0n) is 40.4. The number of carbonyl (C=O) groups is 2. The number of esters is 2. The first-order chi connectivity index (χ1) is 32.0. The van der Waals surface area contributed by atoms with Gasteiger partial charge in [0.2, 0.25) is 0 Å². The van der Waals surface area contributed by atoms with E-state index in [4.69, 9.17) is 28.4 Å². The van der Waals surface area contributed by atoms with Gasteiger partial charge in [-0.15, -0.1) is 0 Å². The summed E-state index contributed by atoms with van der Waals surface area (Å²) in [4.78, 5) is 25.7. The molecule has 66 heavy (non-hydrogen) atoms. The highest BCUT2D eigenvalue weighted by molar-refractivity contribution is 5.70. The Kier molecular flexibility index (Phi) is 35.0. The van der Waals surface area contributed by atoms with E-state index in [0.29, 0.717) is 19.3 Å². The molecule has 2 aliphatic heterocycles. The van der Waals surface area contributed by atoms with Gasteiger partial charge in [-0.25, -0.2) is 0 Å². The van der Waals surface area contributed by atoms with Gasteiger partial charge in [-0.3, -0.25) is 9.59 Å². The van der Waals surface area contributed by atoms with Crippen molar-refractivity contribution in [3.05, 3.63) is 36.5 Å². The van der Waals surface area contributed by atoms with E-state index in [0.717, 1.165) is 51.4 Å². The maximum absolute atomic E-state index is 13.0. The van der Waals surface area contributed by atoms with Crippen molar-refractivity contribution in [2.75, 3.05) is 26.4 Å². The Balaban J connectivity index is 1.84. The Morgan fingerprint density at radius 2 is 0.924 bits per heavy atom. The first-order valence-corrected chi connectivity index (χ1v) is 25.6. The fraction of sp³-hybridized carbons (Fsp3) is 0.843. The molecule has 0 aromatic heterocycles. The minimum atomic E-state index is -1.77. The number of carbonyl (C=O) groups excluding carboxylic acids is 2. The Bertz CT molecular complexity index is 1290. The first-order valence-electron chi connectivity index (χ1n) is 25.6. The average Bonchev–Trinajstić information content (AvgIpc) is 3.31. The molecule has 2 heterocycles. The van der Waals surface area contributed by atoms with Gasteiger partial charge in [0.1, 0.15) is 55.4 Å². The summed E-state index contributed by atoms with van der Waals surface area (Å²) in [6.07, 6.45) is 23.3. The molecule has 2 fully saturated rings. The maximum atomic E-state index is 13.0. The Hall–Kier alpha value is -2.28. The number of unbranched alkanes of at least 4 members (excludes halogenated alkanes) is 19. The molecule has 0 saturated carbocycles. The minimum Gasteiger partial charge on any atom is -0.462 e. The Morgan fingerprint density at radius 3 is 1.48 bits per heavy atom. The molecule has 0 amide bonds. The molecular weight excluding hydrogens is 853 g/mol. The topological polar surface area (TPSA) is 231 Å². The first kappa shape index (κ1) is 59.8. The van der Waals surface area contributed by atoms with Crippen molar-refractivity contribution >= 4 is 11.9 Å². The second kappa shape index (κ2) is 38.6. The molecule has 0 spiro atoms. The molecule has 0 aliphatic carbocycles. The largest absolute Gasteiger partial charge is 0.462 e. The van der Waals surface area contributed by atoms with Gasteiger partial charge in [0.05, 0.1) is 19.8 Å². The zero-order chi connectivity index (χ0) is 48.2. The summed E-state index contributed by atoms with van der Waals surface area (Å²) in [5.41, 5.74) is 0. The fourth-order valence-corrected chi connectivity index (χ4v) is 7.84. The van der Waals surface area contributed by atoms with Crippen molar-refractivity contribution in [1.29, 1.82) is 0 Å². The molecule has 4 unspecified atom stereocenters. The Morgan fingerprint density at radius 1 is 0.485 bits per heavy atom. The highest BCUT2D eigenvalue weighted by Crippen LogP contribution is 2.26. The van der Waals surface area contributed by atoms with Crippen LogP contribution in [0.3, 0.4) is 0 Å². The SMILES string of the molecule is CCCCCC/C=C/CCCCCCCC(=O)OC[C@H](CO[C@H]1O[C@@H](CO[C@H]2O[C@@H](CO)[C@@H](O)C(O)C2O)[C@@H](O)C(O)C1O)OC(=O)CCC/C=C/C/C=C/CCCCCCCCCCC. The van der Waals surface area contributed by atoms with Crippen molar-refractivity contribution in [3.8, 4) is 0 Å². The van der Waals surface area contributed by atoms with E-state index in [-0.39, 0.29) is 19.4 Å². The van der Waals surface area contributed by atoms with Crippen molar-refractivity contribution in [3.63, 3.8) is 0 Å². The number of aliphatic hydroxyl groups excluding tert-OH is 7. The summed E-state index contributed by atoms with van der Waals surface area (Å²) in [6.45, 7) is 2.52. The predicted octanol–water partition coefficient (Wildman–Crippen LogP) is 6.93. The van der Waals surface area contributed by atoms with Crippen LogP contribution in [0.15, 0.2) is 36.5 Å². The summed E-state index contributed by atoms with van der Waals surface area (Å²) < 4.78 is 33.5. The number of allylic oxidation sites excluding steroid dienone is 6. The summed E-state index contributed by atoms with van der Waals surface area (Å²) >= 11 is 0. The number of ether oxygens (including phenoxy) is 6. The lowest BCUT2D eigenvalue weighted by molar-refractivity contribution is -0.332. The summed E-state index contributed by atoms with van der Waals surface area (Å²) in [6, 6.07) is 0. The molecule has 2 aliphatic rings. The van der Waals surface area contributed by atoms with E-state index in [9.17, 15) is 45.3 Å². The molecule has 0 aromatic rings. The van der Waals surface area contributed by atoms with Gasteiger partial charge in [0.15, 0.2) is 18.7 Å². The molecule has 0 radical (unpaired) electrons. The van der Waals surface area contributed by atoms with Crippen LogP contribution in [0.5, 0.6) is 0 Å². The molecule has 0 bridgehead atoms. The van der Waals surface area contributed by atoms with Gasteiger partial charge in [-0.1, -0.05) is 140 Å². The van der Waals surface area contributed by atoms with Gasteiger partial charge in [0, 0.05) is 12.8 Å². The predicted molar refractivity (Wildman–Crippen MR) is 252 cm³/mol. The molecule has 15 nitrogen and oxygen atoms in total. The maximum Gasteiger partial charge on any atom is 0.306 e. The quantitative estimate of drug-likeness (QED) is 0.0188. The number of hydrogen-bond acceptors (Lipinski definition) is 15. The average molecular weight is 943 g/mol. The van der Waals surface area contributed by atoms with E-state index < -0.39 is 99.3 Å². The van der Waals surface area contributed by atoms with Crippen LogP contribution in [0.2, 0.25) is 0 Å². The number of aliphatic hydroxyl groups is 7. The fourth-order valence-electron chi connectivity index (χ4n) is 7.84. The monoisotopic (exact) mass is 943 g/mol. The van der Waals surface area contributed by atoms with E-state index in [2.05, 4.69) is 44.2 Å². The third-order valence-corrected chi connectivity index (χ3v) is 12.1. The van der Waals surface area contributed by atoms with E-state index in [1.807, 2.05) is 6.08 Å². The minimum absolute atomic E-state index is 0.100. The van der Waals surface area contributed by atoms with Crippen molar-refractivity contribution in [1.82, 2.24) is 0 Å². The van der Waals surface area contributed by atoms with Crippen LogP contribution < -0.4 is 0 Å². The van der Waals surface area contributed by atoms with Crippen LogP contribution in [-0.4, -0.2) is 142 Å². The molecule has 15 heteroatoms.